The van der Waals surface area contributed by atoms with Crippen molar-refractivity contribution in [1.29, 1.82) is 0 Å². The zero-order chi connectivity index (χ0) is 15.7. The second kappa shape index (κ2) is 9.70. The minimum atomic E-state index is -0.238. The Balaban J connectivity index is 3.02. The second-order valence-corrected chi connectivity index (χ2v) is 6.00. The van der Waals surface area contributed by atoms with Crippen LogP contribution in [-0.4, -0.2) is 0 Å². The van der Waals surface area contributed by atoms with E-state index in [9.17, 15) is 10.2 Å². The lowest BCUT2D eigenvalue weighted by molar-refractivity contribution is -0.318. The molecular weight excluding hydrogens is 260 g/mol. The summed E-state index contributed by atoms with van der Waals surface area (Å²) < 4.78 is 0. The third-order valence-corrected chi connectivity index (χ3v) is 4.14. The highest BCUT2D eigenvalue weighted by atomic mass is 16.3. The molecule has 1 aromatic carbocycles. The largest absolute Gasteiger partial charge is 0.873 e. The van der Waals surface area contributed by atoms with E-state index in [1.807, 2.05) is 6.07 Å². The van der Waals surface area contributed by atoms with Gasteiger partial charge in [-0.1, -0.05) is 63.6 Å². The van der Waals surface area contributed by atoms with E-state index >= 15 is 0 Å². The van der Waals surface area contributed by atoms with Gasteiger partial charge in [-0.3, -0.25) is 0 Å². The van der Waals surface area contributed by atoms with Crippen LogP contribution in [-0.2, 0) is 19.3 Å². The predicted octanol–water partition coefficient (Wildman–Crippen LogP) is 4.25. The molecule has 0 unspecified atom stereocenters. The van der Waals surface area contributed by atoms with Gasteiger partial charge in [0.05, 0.1) is 0 Å². The Bertz CT molecular complexity index is 424. The van der Waals surface area contributed by atoms with Gasteiger partial charge in [0.1, 0.15) is 0 Å². The van der Waals surface area contributed by atoms with E-state index < -0.39 is 0 Å². The van der Waals surface area contributed by atoms with Gasteiger partial charge in [-0.15, -0.1) is 11.5 Å². The van der Waals surface area contributed by atoms with Crippen LogP contribution in [0.3, 0.4) is 0 Å². The summed E-state index contributed by atoms with van der Waals surface area (Å²) in [7, 11) is 0. The second-order valence-electron chi connectivity index (χ2n) is 6.00. The zero-order valence-electron chi connectivity index (χ0n) is 14.0. The van der Waals surface area contributed by atoms with Gasteiger partial charge in [0.25, 0.3) is 0 Å². The maximum absolute atomic E-state index is 12.4. The first-order valence-corrected chi connectivity index (χ1v) is 8.67. The summed E-state index contributed by atoms with van der Waals surface area (Å²) in [4.78, 5) is 0. The lowest BCUT2D eigenvalue weighted by Crippen LogP contribution is -2.10. The molecular formula is C19H30O2-2. The molecule has 0 amide bonds. The van der Waals surface area contributed by atoms with Crippen molar-refractivity contribution in [1.82, 2.24) is 0 Å². The Labute approximate surface area is 130 Å². The maximum atomic E-state index is 12.4. The first kappa shape index (κ1) is 17.9. The van der Waals surface area contributed by atoms with Crippen LogP contribution in [0.1, 0.15) is 82.4 Å². The third kappa shape index (κ3) is 5.26. The van der Waals surface area contributed by atoms with Crippen LogP contribution in [0.25, 0.3) is 0 Å². The smallest absolute Gasteiger partial charge is 0.0276 e. The summed E-state index contributed by atoms with van der Waals surface area (Å²) in [5, 5.41) is 24.7. The normalized spacial score (nSPS) is 11.0. The molecule has 0 N–H and O–H groups in total. The molecule has 0 heterocycles. The Morgan fingerprint density at radius 3 is 1.86 bits per heavy atom. The lowest BCUT2D eigenvalue weighted by atomic mass is 9.92. The molecule has 1 rings (SSSR count). The molecule has 2 nitrogen and oxygen atoms in total. The van der Waals surface area contributed by atoms with Gasteiger partial charge in [-0.05, 0) is 44.1 Å². The Morgan fingerprint density at radius 2 is 1.24 bits per heavy atom. The van der Waals surface area contributed by atoms with E-state index in [4.69, 9.17) is 0 Å². The quantitative estimate of drug-likeness (QED) is 0.605. The highest BCUT2D eigenvalue weighted by Crippen LogP contribution is 2.34. The fourth-order valence-electron chi connectivity index (χ4n) is 2.76. The molecule has 0 spiro atoms. The molecule has 0 saturated heterocycles. The monoisotopic (exact) mass is 290 g/mol. The lowest BCUT2D eigenvalue weighted by Gasteiger charge is -2.29. The van der Waals surface area contributed by atoms with Gasteiger partial charge in [0, 0.05) is 0 Å². The minimum absolute atomic E-state index is 0.219. The van der Waals surface area contributed by atoms with E-state index in [1.54, 1.807) is 0 Å². The average Bonchev–Trinajstić information content (AvgIpc) is 2.49. The van der Waals surface area contributed by atoms with Crippen molar-refractivity contribution in [2.45, 2.75) is 85.0 Å². The fraction of sp³-hybridized carbons (Fsp3) is 0.684. The van der Waals surface area contributed by atoms with Crippen molar-refractivity contribution in [3.05, 3.63) is 22.8 Å². The standard InChI is InChI=1S/C19H32O2/c1-4-7-10-12-16-14-15(11-8-5-2)17(13-9-6-3)19(21)18(16)20/h14,20-21H,4-13H2,1-3H3/p-2. The highest BCUT2D eigenvalue weighted by Gasteiger charge is 2.07. The van der Waals surface area contributed by atoms with Crippen molar-refractivity contribution >= 4 is 0 Å². The summed E-state index contributed by atoms with van der Waals surface area (Å²) in [6, 6.07) is 2.04. The van der Waals surface area contributed by atoms with Gasteiger partial charge in [0.15, 0.2) is 0 Å². The third-order valence-electron chi connectivity index (χ3n) is 4.14. The van der Waals surface area contributed by atoms with Gasteiger partial charge in [-0.25, -0.2) is 0 Å². The summed E-state index contributed by atoms with van der Waals surface area (Å²) >= 11 is 0. The van der Waals surface area contributed by atoms with Crippen LogP contribution >= 0.6 is 0 Å². The Hall–Kier alpha value is -1.18. The molecule has 21 heavy (non-hydrogen) atoms. The molecule has 2 heteroatoms. The number of unbranched alkanes of at least 4 members (excludes halogenated alkanes) is 4. The zero-order valence-corrected chi connectivity index (χ0v) is 14.0. The van der Waals surface area contributed by atoms with E-state index in [1.165, 1.54) is 0 Å². The minimum Gasteiger partial charge on any atom is -0.873 e. The van der Waals surface area contributed by atoms with Crippen LogP contribution < -0.4 is 10.2 Å². The Kier molecular flexibility index (Phi) is 8.26. The van der Waals surface area contributed by atoms with E-state index in [2.05, 4.69) is 20.8 Å². The molecule has 0 saturated carbocycles. The molecule has 0 atom stereocenters. The van der Waals surface area contributed by atoms with Crippen LogP contribution in [0.4, 0.5) is 0 Å². The molecule has 120 valence electrons. The van der Waals surface area contributed by atoms with Crippen LogP contribution in [0.15, 0.2) is 6.07 Å². The van der Waals surface area contributed by atoms with Crippen LogP contribution in [0.2, 0.25) is 0 Å². The van der Waals surface area contributed by atoms with E-state index in [0.29, 0.717) is 0 Å². The molecule has 0 bridgehead atoms. The molecule has 0 radical (unpaired) electrons. The molecule has 0 fully saturated rings. The topological polar surface area (TPSA) is 46.1 Å². The fourth-order valence-corrected chi connectivity index (χ4v) is 2.76. The van der Waals surface area contributed by atoms with Gasteiger partial charge >= 0.3 is 0 Å². The van der Waals surface area contributed by atoms with Gasteiger partial charge < -0.3 is 10.2 Å². The van der Waals surface area contributed by atoms with Crippen LogP contribution in [0.5, 0.6) is 11.5 Å². The molecule has 0 aliphatic rings. The van der Waals surface area contributed by atoms with Crippen molar-refractivity contribution in [3.8, 4) is 11.5 Å². The maximum Gasteiger partial charge on any atom is -0.0276 e. The average molecular weight is 290 g/mol. The summed E-state index contributed by atoms with van der Waals surface area (Å²) in [5.41, 5.74) is 2.69. The molecule has 0 aromatic heterocycles. The van der Waals surface area contributed by atoms with Gasteiger partial charge in [0.2, 0.25) is 0 Å². The summed E-state index contributed by atoms with van der Waals surface area (Å²) in [5.74, 6) is -0.457. The number of hydrogen-bond donors (Lipinski definition) is 0. The summed E-state index contributed by atoms with van der Waals surface area (Å²) in [6.45, 7) is 6.43. The SMILES string of the molecule is CCCCCc1cc(CCCC)c(CCCC)c([O-])c1[O-]. The Morgan fingerprint density at radius 1 is 0.667 bits per heavy atom. The molecule has 1 aromatic rings. The van der Waals surface area contributed by atoms with Crippen LogP contribution in [0, 0.1) is 0 Å². The number of aryl methyl sites for hydroxylation is 2. The number of rotatable bonds is 10. The highest BCUT2D eigenvalue weighted by molar-refractivity contribution is 5.53. The van der Waals surface area contributed by atoms with Crippen molar-refractivity contribution in [2.75, 3.05) is 0 Å². The van der Waals surface area contributed by atoms with Gasteiger partial charge in [-0.2, -0.15) is 0 Å². The number of hydrogen-bond acceptors (Lipinski definition) is 2. The predicted molar refractivity (Wildman–Crippen MR) is 85.8 cm³/mol. The molecule has 0 aliphatic carbocycles. The van der Waals surface area contributed by atoms with E-state index in [-0.39, 0.29) is 11.5 Å². The molecule has 0 aliphatic heterocycles. The van der Waals surface area contributed by atoms with Crippen molar-refractivity contribution in [3.63, 3.8) is 0 Å². The number of benzene rings is 1. The van der Waals surface area contributed by atoms with E-state index in [0.717, 1.165) is 80.9 Å². The summed E-state index contributed by atoms with van der Waals surface area (Å²) in [6.07, 6.45) is 9.97. The first-order valence-electron chi connectivity index (χ1n) is 8.67. The first-order chi connectivity index (χ1) is 10.2. The van der Waals surface area contributed by atoms with Crippen molar-refractivity contribution < 1.29 is 10.2 Å². The van der Waals surface area contributed by atoms with Crippen molar-refractivity contribution in [2.24, 2.45) is 0 Å².